The van der Waals surface area contributed by atoms with Gasteiger partial charge in [-0.25, -0.2) is 4.98 Å². The van der Waals surface area contributed by atoms with Gasteiger partial charge in [0.25, 0.3) is 0 Å². The SMILES string of the molecule is Cc1cccc(-c2nc(C3CC3)c(C(N)=S)s2)c1. The van der Waals surface area contributed by atoms with Gasteiger partial charge in [0.2, 0.25) is 0 Å². The second kappa shape index (κ2) is 4.44. The Bertz CT molecular complexity index is 612. The zero-order valence-corrected chi connectivity index (χ0v) is 11.8. The molecule has 4 heteroatoms. The largest absolute Gasteiger partial charge is 0.389 e. The van der Waals surface area contributed by atoms with Crippen LogP contribution in [0.25, 0.3) is 10.6 Å². The summed E-state index contributed by atoms with van der Waals surface area (Å²) in [7, 11) is 0. The number of hydrogen-bond donors (Lipinski definition) is 1. The van der Waals surface area contributed by atoms with E-state index in [4.69, 9.17) is 22.9 Å². The molecule has 0 saturated heterocycles. The van der Waals surface area contributed by atoms with Gasteiger partial charge in [-0.15, -0.1) is 11.3 Å². The molecule has 2 N–H and O–H groups in total. The first-order valence-electron chi connectivity index (χ1n) is 6.02. The third-order valence-electron chi connectivity index (χ3n) is 3.11. The normalized spacial score (nSPS) is 14.7. The fourth-order valence-electron chi connectivity index (χ4n) is 2.04. The Kier molecular flexibility index (Phi) is 2.92. The van der Waals surface area contributed by atoms with E-state index in [-0.39, 0.29) is 0 Å². The highest BCUT2D eigenvalue weighted by molar-refractivity contribution is 7.81. The summed E-state index contributed by atoms with van der Waals surface area (Å²) in [5.74, 6) is 0.580. The lowest BCUT2D eigenvalue weighted by atomic mass is 10.1. The molecule has 1 aromatic heterocycles. The summed E-state index contributed by atoms with van der Waals surface area (Å²) in [5.41, 5.74) is 9.32. The number of thiazole rings is 1. The van der Waals surface area contributed by atoms with Gasteiger partial charge in [0.05, 0.1) is 10.6 Å². The Labute approximate surface area is 116 Å². The third-order valence-corrected chi connectivity index (χ3v) is 4.59. The monoisotopic (exact) mass is 274 g/mol. The standard InChI is InChI=1S/C14H14N2S2/c1-8-3-2-4-10(7-8)14-16-11(9-5-6-9)12(18-14)13(15)17/h2-4,7,9H,5-6H2,1H3,(H2,15,17). The summed E-state index contributed by atoms with van der Waals surface area (Å²) in [5, 5.41) is 1.03. The lowest BCUT2D eigenvalue weighted by Gasteiger charge is -1.97. The van der Waals surface area contributed by atoms with Crippen LogP contribution in [-0.2, 0) is 0 Å². The molecular formula is C14H14N2S2. The van der Waals surface area contributed by atoms with E-state index in [2.05, 4.69) is 31.2 Å². The van der Waals surface area contributed by atoms with Gasteiger partial charge in [-0.2, -0.15) is 0 Å². The maximum atomic E-state index is 5.80. The predicted molar refractivity (Wildman–Crippen MR) is 80.1 cm³/mol. The lowest BCUT2D eigenvalue weighted by Crippen LogP contribution is -2.09. The van der Waals surface area contributed by atoms with Crippen molar-refractivity contribution in [1.29, 1.82) is 0 Å². The summed E-state index contributed by atoms with van der Waals surface area (Å²) in [6, 6.07) is 8.39. The number of nitrogens with zero attached hydrogens (tertiary/aromatic N) is 1. The maximum absolute atomic E-state index is 5.80. The smallest absolute Gasteiger partial charge is 0.124 e. The number of thiocarbonyl (C=S) groups is 1. The van der Waals surface area contributed by atoms with E-state index in [1.165, 1.54) is 18.4 Å². The van der Waals surface area contributed by atoms with Crippen LogP contribution in [0.3, 0.4) is 0 Å². The van der Waals surface area contributed by atoms with Crippen LogP contribution < -0.4 is 5.73 Å². The Morgan fingerprint density at radius 3 is 2.83 bits per heavy atom. The average molecular weight is 274 g/mol. The molecule has 1 saturated carbocycles. The van der Waals surface area contributed by atoms with E-state index in [0.29, 0.717) is 10.9 Å². The van der Waals surface area contributed by atoms with Crippen molar-refractivity contribution in [2.45, 2.75) is 25.7 Å². The van der Waals surface area contributed by atoms with Gasteiger partial charge in [0, 0.05) is 11.5 Å². The molecule has 1 heterocycles. The molecule has 1 aromatic carbocycles. The highest BCUT2D eigenvalue weighted by Gasteiger charge is 2.30. The summed E-state index contributed by atoms with van der Waals surface area (Å²) in [4.78, 5) is 6.24. The second-order valence-corrected chi connectivity index (χ2v) is 6.18. The van der Waals surface area contributed by atoms with Gasteiger partial charge in [-0.1, -0.05) is 36.0 Å². The van der Waals surface area contributed by atoms with E-state index >= 15 is 0 Å². The molecule has 1 aliphatic carbocycles. The number of hydrogen-bond acceptors (Lipinski definition) is 3. The topological polar surface area (TPSA) is 38.9 Å². The molecule has 0 unspecified atom stereocenters. The Balaban J connectivity index is 2.07. The minimum atomic E-state index is 0.480. The summed E-state index contributed by atoms with van der Waals surface area (Å²) < 4.78 is 0. The van der Waals surface area contributed by atoms with Crippen molar-refractivity contribution in [2.24, 2.45) is 5.73 Å². The fraction of sp³-hybridized carbons (Fsp3) is 0.286. The van der Waals surface area contributed by atoms with Crippen LogP contribution in [-0.4, -0.2) is 9.97 Å². The molecule has 18 heavy (non-hydrogen) atoms. The molecule has 0 bridgehead atoms. The van der Waals surface area contributed by atoms with Crippen molar-refractivity contribution >= 4 is 28.5 Å². The summed E-state index contributed by atoms with van der Waals surface area (Å²) >= 11 is 6.75. The molecule has 0 radical (unpaired) electrons. The van der Waals surface area contributed by atoms with Gasteiger partial charge in [-0.3, -0.25) is 0 Å². The fourth-order valence-corrected chi connectivity index (χ4v) is 3.27. The molecular weight excluding hydrogens is 260 g/mol. The van der Waals surface area contributed by atoms with Crippen LogP contribution in [0.4, 0.5) is 0 Å². The van der Waals surface area contributed by atoms with E-state index in [9.17, 15) is 0 Å². The van der Waals surface area contributed by atoms with E-state index in [1.54, 1.807) is 11.3 Å². The van der Waals surface area contributed by atoms with E-state index in [1.807, 2.05) is 0 Å². The van der Waals surface area contributed by atoms with Gasteiger partial charge < -0.3 is 5.73 Å². The van der Waals surface area contributed by atoms with Gasteiger partial charge in [0.1, 0.15) is 10.00 Å². The van der Waals surface area contributed by atoms with Crippen molar-refractivity contribution in [3.05, 3.63) is 40.4 Å². The average Bonchev–Trinajstić information content (AvgIpc) is 3.07. The molecule has 1 aliphatic rings. The van der Waals surface area contributed by atoms with Crippen LogP contribution in [0.15, 0.2) is 24.3 Å². The highest BCUT2D eigenvalue weighted by Crippen LogP contribution is 2.44. The van der Waals surface area contributed by atoms with Crippen LogP contribution in [0.2, 0.25) is 0 Å². The number of nitrogens with two attached hydrogens (primary N) is 1. The first-order chi connectivity index (χ1) is 8.65. The highest BCUT2D eigenvalue weighted by atomic mass is 32.1. The summed E-state index contributed by atoms with van der Waals surface area (Å²) in [6.45, 7) is 2.09. The van der Waals surface area contributed by atoms with Gasteiger partial charge in [0.15, 0.2) is 0 Å². The third kappa shape index (κ3) is 2.18. The van der Waals surface area contributed by atoms with Crippen molar-refractivity contribution in [1.82, 2.24) is 4.98 Å². The van der Waals surface area contributed by atoms with Crippen LogP contribution in [0.1, 0.15) is 34.9 Å². The lowest BCUT2D eigenvalue weighted by molar-refractivity contribution is 1.05. The molecule has 0 atom stereocenters. The van der Waals surface area contributed by atoms with Gasteiger partial charge in [-0.05, 0) is 25.8 Å². The molecule has 1 fully saturated rings. The van der Waals surface area contributed by atoms with Crippen molar-refractivity contribution in [3.63, 3.8) is 0 Å². The quantitative estimate of drug-likeness (QED) is 0.869. The number of rotatable bonds is 3. The molecule has 2 aromatic rings. The van der Waals surface area contributed by atoms with Crippen LogP contribution >= 0.6 is 23.6 Å². The van der Waals surface area contributed by atoms with E-state index < -0.39 is 0 Å². The Morgan fingerprint density at radius 1 is 1.44 bits per heavy atom. The molecule has 92 valence electrons. The first kappa shape index (κ1) is 11.8. The van der Waals surface area contributed by atoms with Crippen molar-refractivity contribution in [2.75, 3.05) is 0 Å². The number of benzene rings is 1. The molecule has 0 amide bonds. The minimum Gasteiger partial charge on any atom is -0.389 e. The maximum Gasteiger partial charge on any atom is 0.124 e. The predicted octanol–water partition coefficient (Wildman–Crippen LogP) is 3.63. The first-order valence-corrected chi connectivity index (χ1v) is 7.25. The second-order valence-electron chi connectivity index (χ2n) is 4.74. The molecule has 3 rings (SSSR count). The molecule has 2 nitrogen and oxygen atoms in total. The molecule has 0 aliphatic heterocycles. The van der Waals surface area contributed by atoms with Crippen molar-refractivity contribution in [3.8, 4) is 10.6 Å². The van der Waals surface area contributed by atoms with Crippen molar-refractivity contribution < 1.29 is 0 Å². The minimum absolute atomic E-state index is 0.480. The Morgan fingerprint density at radius 2 is 2.22 bits per heavy atom. The zero-order valence-electron chi connectivity index (χ0n) is 10.1. The molecule has 0 spiro atoms. The van der Waals surface area contributed by atoms with Crippen LogP contribution in [0, 0.1) is 6.92 Å². The number of aryl methyl sites for hydroxylation is 1. The number of aromatic nitrogens is 1. The van der Waals surface area contributed by atoms with E-state index in [0.717, 1.165) is 21.1 Å². The Hall–Kier alpha value is -1.26. The zero-order chi connectivity index (χ0) is 12.7. The van der Waals surface area contributed by atoms with Gasteiger partial charge >= 0.3 is 0 Å². The summed E-state index contributed by atoms with van der Waals surface area (Å²) in [6.07, 6.45) is 2.43. The van der Waals surface area contributed by atoms with Crippen LogP contribution in [0.5, 0.6) is 0 Å².